The van der Waals surface area contributed by atoms with E-state index < -0.39 is 0 Å². The highest BCUT2D eigenvalue weighted by Crippen LogP contribution is 2.52. The van der Waals surface area contributed by atoms with Crippen molar-refractivity contribution < 1.29 is 0 Å². The Kier molecular flexibility index (Phi) is 1.06. The quantitative estimate of drug-likeness (QED) is 0.549. The molecule has 0 saturated heterocycles. The molecule has 0 bridgehead atoms. The minimum Gasteiger partial charge on any atom is -0.261 e. The van der Waals surface area contributed by atoms with Gasteiger partial charge in [-0.25, -0.2) is 0 Å². The van der Waals surface area contributed by atoms with Crippen LogP contribution < -0.4 is 0 Å². The fourth-order valence-corrected chi connectivity index (χ4v) is 2.00. The predicted molar refractivity (Wildman–Crippen MR) is 50.2 cm³/mol. The summed E-state index contributed by atoms with van der Waals surface area (Å²) >= 11 is 0. The summed E-state index contributed by atoms with van der Waals surface area (Å²) in [5, 5.41) is 0. The summed E-state index contributed by atoms with van der Waals surface area (Å²) in [5.41, 5.74) is 4.03. The second-order valence-corrected chi connectivity index (χ2v) is 3.85. The molecule has 1 heterocycles. The summed E-state index contributed by atoms with van der Waals surface area (Å²) in [6.45, 7) is 2.15. The van der Waals surface area contributed by atoms with E-state index in [-0.39, 0.29) is 0 Å². The van der Waals surface area contributed by atoms with Crippen LogP contribution in [0, 0.1) is 12.8 Å². The first kappa shape index (κ1) is 6.41. The van der Waals surface area contributed by atoms with E-state index in [1.54, 1.807) is 0 Å². The minimum atomic E-state index is 0.763. The monoisotopic (exact) mass is 157 g/mol. The van der Waals surface area contributed by atoms with Gasteiger partial charge in [-0.2, -0.15) is 0 Å². The minimum absolute atomic E-state index is 0.763. The molecule has 1 aromatic rings. The van der Waals surface area contributed by atoms with Gasteiger partial charge in [-0.15, -0.1) is 0 Å². The molecule has 0 N–H and O–H groups in total. The summed E-state index contributed by atoms with van der Waals surface area (Å²) in [7, 11) is 0. The van der Waals surface area contributed by atoms with Crippen molar-refractivity contribution in [1.29, 1.82) is 0 Å². The molecule has 1 fully saturated rings. The van der Waals surface area contributed by atoms with E-state index in [0.717, 1.165) is 11.8 Å². The Morgan fingerprint density at radius 1 is 1.42 bits per heavy atom. The van der Waals surface area contributed by atoms with Gasteiger partial charge in [-0.3, -0.25) is 4.99 Å². The molecule has 0 amide bonds. The highest BCUT2D eigenvalue weighted by molar-refractivity contribution is 5.77. The smallest absolute Gasteiger partial charge is 0.0661 e. The SMILES string of the molecule is Cc1ccc2c(c1)C1CC1C=N2. The number of hydrogen-bond acceptors (Lipinski definition) is 1. The third kappa shape index (κ3) is 0.765. The van der Waals surface area contributed by atoms with Crippen molar-refractivity contribution in [2.75, 3.05) is 0 Å². The summed E-state index contributed by atoms with van der Waals surface area (Å²) in [6.07, 6.45) is 3.43. The first-order valence-corrected chi connectivity index (χ1v) is 4.49. The Hall–Kier alpha value is -1.11. The fourth-order valence-electron chi connectivity index (χ4n) is 2.00. The van der Waals surface area contributed by atoms with Crippen LogP contribution in [0.15, 0.2) is 23.2 Å². The first-order chi connectivity index (χ1) is 5.84. The number of rotatable bonds is 0. The van der Waals surface area contributed by atoms with E-state index in [9.17, 15) is 0 Å². The van der Waals surface area contributed by atoms with Crippen LogP contribution in [0.4, 0.5) is 5.69 Å². The van der Waals surface area contributed by atoms with E-state index in [4.69, 9.17) is 0 Å². The molecule has 2 aliphatic rings. The van der Waals surface area contributed by atoms with Crippen molar-refractivity contribution in [1.82, 2.24) is 0 Å². The van der Waals surface area contributed by atoms with Crippen LogP contribution in [-0.2, 0) is 0 Å². The number of nitrogens with zero attached hydrogens (tertiary/aromatic N) is 1. The lowest BCUT2D eigenvalue weighted by molar-refractivity contribution is 1.03. The predicted octanol–water partition coefficient (Wildman–Crippen LogP) is 2.81. The zero-order valence-electron chi connectivity index (χ0n) is 7.12. The average molecular weight is 157 g/mol. The Bertz CT molecular complexity index is 365. The van der Waals surface area contributed by atoms with Crippen LogP contribution in [0.2, 0.25) is 0 Å². The van der Waals surface area contributed by atoms with Crippen LogP contribution in [0.1, 0.15) is 23.5 Å². The van der Waals surface area contributed by atoms with Gasteiger partial charge in [0.1, 0.15) is 0 Å². The molecule has 0 radical (unpaired) electrons. The molecular formula is C11H11N. The maximum Gasteiger partial charge on any atom is 0.0661 e. The van der Waals surface area contributed by atoms with E-state index >= 15 is 0 Å². The van der Waals surface area contributed by atoms with Gasteiger partial charge in [0.25, 0.3) is 0 Å². The lowest BCUT2D eigenvalue weighted by Gasteiger charge is -2.08. The van der Waals surface area contributed by atoms with Gasteiger partial charge in [-0.05, 0) is 30.9 Å². The van der Waals surface area contributed by atoms with Gasteiger partial charge in [0, 0.05) is 12.1 Å². The van der Waals surface area contributed by atoms with Crippen molar-refractivity contribution in [2.45, 2.75) is 19.3 Å². The van der Waals surface area contributed by atoms with Crippen LogP contribution in [0.25, 0.3) is 0 Å². The van der Waals surface area contributed by atoms with Crippen LogP contribution >= 0.6 is 0 Å². The Morgan fingerprint density at radius 2 is 2.33 bits per heavy atom. The molecule has 1 aromatic carbocycles. The largest absolute Gasteiger partial charge is 0.261 e. The zero-order valence-corrected chi connectivity index (χ0v) is 7.12. The maximum absolute atomic E-state index is 4.43. The molecule has 2 unspecified atom stereocenters. The number of hydrogen-bond donors (Lipinski definition) is 0. The summed E-state index contributed by atoms with van der Waals surface area (Å²) < 4.78 is 0. The Labute approximate surface area is 72.1 Å². The molecule has 0 aromatic heterocycles. The van der Waals surface area contributed by atoms with Crippen molar-refractivity contribution >= 4 is 11.9 Å². The lowest BCUT2D eigenvalue weighted by atomic mass is 10.0. The van der Waals surface area contributed by atoms with Gasteiger partial charge in [-0.1, -0.05) is 17.7 Å². The molecule has 60 valence electrons. The van der Waals surface area contributed by atoms with E-state index in [1.165, 1.54) is 23.2 Å². The van der Waals surface area contributed by atoms with Crippen molar-refractivity contribution in [2.24, 2.45) is 10.9 Å². The third-order valence-electron chi connectivity index (χ3n) is 2.83. The first-order valence-electron chi connectivity index (χ1n) is 4.49. The highest BCUT2D eigenvalue weighted by atomic mass is 14.8. The number of benzene rings is 1. The topological polar surface area (TPSA) is 12.4 Å². The molecule has 1 saturated carbocycles. The summed E-state index contributed by atoms with van der Waals surface area (Å²) in [6, 6.07) is 6.56. The Morgan fingerprint density at radius 3 is 3.25 bits per heavy atom. The van der Waals surface area contributed by atoms with Crippen LogP contribution in [-0.4, -0.2) is 6.21 Å². The second-order valence-electron chi connectivity index (χ2n) is 3.85. The zero-order chi connectivity index (χ0) is 8.13. The normalized spacial score (nSPS) is 29.4. The van der Waals surface area contributed by atoms with Gasteiger partial charge < -0.3 is 0 Å². The fraction of sp³-hybridized carbons (Fsp3) is 0.364. The van der Waals surface area contributed by atoms with Gasteiger partial charge in [0.05, 0.1) is 5.69 Å². The van der Waals surface area contributed by atoms with E-state index in [1.807, 2.05) is 0 Å². The molecule has 12 heavy (non-hydrogen) atoms. The van der Waals surface area contributed by atoms with Gasteiger partial charge in [0.2, 0.25) is 0 Å². The maximum atomic E-state index is 4.43. The molecule has 1 aliphatic heterocycles. The van der Waals surface area contributed by atoms with Gasteiger partial charge in [0.15, 0.2) is 0 Å². The van der Waals surface area contributed by atoms with Gasteiger partial charge >= 0.3 is 0 Å². The summed E-state index contributed by atoms with van der Waals surface area (Å²) in [5.74, 6) is 1.57. The lowest BCUT2D eigenvalue weighted by Crippen LogP contribution is -1.92. The van der Waals surface area contributed by atoms with E-state index in [2.05, 4.69) is 36.3 Å². The van der Waals surface area contributed by atoms with E-state index in [0.29, 0.717) is 0 Å². The van der Waals surface area contributed by atoms with Crippen molar-refractivity contribution in [3.63, 3.8) is 0 Å². The third-order valence-corrected chi connectivity index (χ3v) is 2.83. The Balaban J connectivity index is 2.22. The number of aryl methyl sites for hydroxylation is 1. The van der Waals surface area contributed by atoms with Crippen LogP contribution in [0.5, 0.6) is 0 Å². The molecule has 0 spiro atoms. The summed E-state index contributed by atoms with van der Waals surface area (Å²) in [4.78, 5) is 4.43. The second kappa shape index (κ2) is 1.98. The molecule has 1 aliphatic carbocycles. The highest BCUT2D eigenvalue weighted by Gasteiger charge is 2.40. The van der Waals surface area contributed by atoms with Crippen LogP contribution in [0.3, 0.4) is 0 Å². The molecule has 3 rings (SSSR count). The van der Waals surface area contributed by atoms with Crippen molar-refractivity contribution in [3.05, 3.63) is 29.3 Å². The average Bonchev–Trinajstić information content (AvgIpc) is 2.82. The number of aliphatic imine (C=N–C) groups is 1. The molecular weight excluding hydrogens is 146 g/mol. The van der Waals surface area contributed by atoms with Crippen molar-refractivity contribution in [3.8, 4) is 0 Å². The molecule has 1 heteroatoms. The standard InChI is InChI=1S/C11H11N/c1-7-2-3-11-10(4-7)9-5-8(9)6-12-11/h2-4,6,8-9H,5H2,1H3. The molecule has 1 nitrogen and oxygen atoms in total. The molecule has 2 atom stereocenters. The number of fused-ring (bicyclic) bond motifs is 3.